The lowest BCUT2D eigenvalue weighted by Gasteiger charge is -2.16. The Morgan fingerprint density at radius 1 is 0.655 bits per heavy atom. The van der Waals surface area contributed by atoms with E-state index < -0.39 is 0 Å². The first-order chi connectivity index (χ1) is 14.1. The van der Waals surface area contributed by atoms with Gasteiger partial charge in [-0.3, -0.25) is 0 Å². The highest BCUT2D eigenvalue weighted by molar-refractivity contribution is 4.81. The van der Waals surface area contributed by atoms with Gasteiger partial charge in [-0.15, -0.1) is 0 Å². The Hall–Kier alpha value is -0.340. The Bertz CT molecular complexity index is 375. The summed E-state index contributed by atoms with van der Waals surface area (Å²) in [6.45, 7) is 7.10. The maximum absolute atomic E-state index is 5.86. The molecule has 29 heavy (non-hydrogen) atoms. The molecule has 1 aliphatic rings. The standard InChI is InChI=1S/C27H52O2/c1-4-5-6-7-8-9-10-11-12-13-14-15-16-17-18-19-20-21-22-23-24-26-25-28-27(2,3)29-26/h11-12,26H,4-10,13-25H2,1-3H3/b12-11-/t26-/m1/s1. The largest absolute Gasteiger partial charge is 0.348 e. The average molecular weight is 409 g/mol. The van der Waals surface area contributed by atoms with Crippen LogP contribution in [0.25, 0.3) is 0 Å². The van der Waals surface area contributed by atoms with E-state index in [1.165, 1.54) is 116 Å². The number of allylic oxidation sites excluding steroid dienone is 2. The van der Waals surface area contributed by atoms with Gasteiger partial charge in [0.25, 0.3) is 0 Å². The van der Waals surface area contributed by atoms with Gasteiger partial charge in [0.15, 0.2) is 5.79 Å². The molecule has 1 heterocycles. The fourth-order valence-electron chi connectivity index (χ4n) is 4.23. The van der Waals surface area contributed by atoms with Crippen molar-refractivity contribution >= 4 is 0 Å². The summed E-state index contributed by atoms with van der Waals surface area (Å²) in [4.78, 5) is 0. The van der Waals surface area contributed by atoms with Gasteiger partial charge in [-0.1, -0.05) is 109 Å². The van der Waals surface area contributed by atoms with Gasteiger partial charge >= 0.3 is 0 Å². The third-order valence-electron chi connectivity index (χ3n) is 6.11. The highest BCUT2D eigenvalue weighted by Gasteiger charge is 2.31. The predicted octanol–water partition coefficient (Wildman–Crippen LogP) is 9.13. The van der Waals surface area contributed by atoms with Crippen molar-refractivity contribution in [2.75, 3.05) is 6.61 Å². The number of hydrogen-bond donors (Lipinski definition) is 0. The minimum absolute atomic E-state index is 0.329. The van der Waals surface area contributed by atoms with Crippen molar-refractivity contribution in [1.29, 1.82) is 0 Å². The summed E-state index contributed by atoms with van der Waals surface area (Å²) in [5, 5.41) is 0. The van der Waals surface area contributed by atoms with Gasteiger partial charge in [0, 0.05) is 0 Å². The zero-order valence-electron chi connectivity index (χ0n) is 20.2. The van der Waals surface area contributed by atoms with Crippen LogP contribution in [0.4, 0.5) is 0 Å². The molecule has 2 heteroatoms. The lowest BCUT2D eigenvalue weighted by Crippen LogP contribution is -2.21. The highest BCUT2D eigenvalue weighted by atomic mass is 16.7. The second-order valence-corrected chi connectivity index (χ2v) is 9.59. The topological polar surface area (TPSA) is 18.5 Å². The molecule has 0 unspecified atom stereocenters. The molecule has 0 amide bonds. The second kappa shape index (κ2) is 18.4. The molecule has 0 bridgehead atoms. The molecule has 1 rings (SSSR count). The average Bonchev–Trinajstić information content (AvgIpc) is 3.05. The van der Waals surface area contributed by atoms with Gasteiger partial charge in [0.05, 0.1) is 12.7 Å². The summed E-state index contributed by atoms with van der Waals surface area (Å²) < 4.78 is 11.5. The Morgan fingerprint density at radius 3 is 1.55 bits per heavy atom. The van der Waals surface area contributed by atoms with E-state index in [1.54, 1.807) is 0 Å². The quantitative estimate of drug-likeness (QED) is 0.148. The maximum atomic E-state index is 5.86. The number of ether oxygens (including phenoxy) is 2. The van der Waals surface area contributed by atoms with Crippen LogP contribution in [0, 0.1) is 0 Å². The number of hydrogen-bond acceptors (Lipinski definition) is 2. The van der Waals surface area contributed by atoms with E-state index in [0.717, 1.165) is 13.0 Å². The lowest BCUT2D eigenvalue weighted by atomic mass is 10.0. The van der Waals surface area contributed by atoms with E-state index in [-0.39, 0.29) is 5.79 Å². The molecule has 2 nitrogen and oxygen atoms in total. The zero-order chi connectivity index (χ0) is 21.0. The first-order valence-electron chi connectivity index (χ1n) is 13.1. The second-order valence-electron chi connectivity index (χ2n) is 9.59. The minimum Gasteiger partial charge on any atom is -0.348 e. The molecule has 0 aromatic carbocycles. The maximum Gasteiger partial charge on any atom is 0.163 e. The van der Waals surface area contributed by atoms with E-state index in [1.807, 2.05) is 13.8 Å². The first-order valence-corrected chi connectivity index (χ1v) is 13.1. The molecule has 172 valence electrons. The molecule has 1 saturated heterocycles. The molecule has 0 spiro atoms. The number of unbranched alkanes of at least 4 members (excludes halogenated alkanes) is 16. The minimum atomic E-state index is -0.353. The first kappa shape index (κ1) is 26.7. The third kappa shape index (κ3) is 17.1. The van der Waals surface area contributed by atoms with E-state index in [9.17, 15) is 0 Å². The zero-order valence-corrected chi connectivity index (χ0v) is 20.2. The van der Waals surface area contributed by atoms with Crippen LogP contribution in [0.15, 0.2) is 12.2 Å². The van der Waals surface area contributed by atoms with E-state index in [2.05, 4.69) is 19.1 Å². The Morgan fingerprint density at radius 2 is 1.10 bits per heavy atom. The van der Waals surface area contributed by atoms with Crippen molar-refractivity contribution in [3.8, 4) is 0 Å². The Balaban J connectivity index is 1.70. The molecule has 0 N–H and O–H groups in total. The van der Waals surface area contributed by atoms with Crippen LogP contribution in [0.3, 0.4) is 0 Å². The van der Waals surface area contributed by atoms with E-state index >= 15 is 0 Å². The molecule has 0 aliphatic carbocycles. The Labute approximate surface area is 183 Å². The fraction of sp³-hybridized carbons (Fsp3) is 0.926. The van der Waals surface area contributed by atoms with Gasteiger partial charge in [0.1, 0.15) is 0 Å². The van der Waals surface area contributed by atoms with Crippen molar-refractivity contribution in [2.24, 2.45) is 0 Å². The van der Waals surface area contributed by atoms with Crippen molar-refractivity contribution in [2.45, 2.75) is 155 Å². The van der Waals surface area contributed by atoms with Gasteiger partial charge in [-0.2, -0.15) is 0 Å². The van der Waals surface area contributed by atoms with Gasteiger partial charge < -0.3 is 9.47 Å². The third-order valence-corrected chi connectivity index (χ3v) is 6.11. The summed E-state index contributed by atoms with van der Waals surface area (Å²) in [6.07, 6.45) is 31.4. The molecule has 1 aliphatic heterocycles. The van der Waals surface area contributed by atoms with Crippen LogP contribution < -0.4 is 0 Å². The predicted molar refractivity (Wildman–Crippen MR) is 127 cm³/mol. The molecular formula is C27H52O2. The van der Waals surface area contributed by atoms with Gasteiger partial charge in [0.2, 0.25) is 0 Å². The molecule has 0 aromatic rings. The van der Waals surface area contributed by atoms with Crippen molar-refractivity contribution in [3.05, 3.63) is 12.2 Å². The van der Waals surface area contributed by atoms with Crippen LogP contribution >= 0.6 is 0 Å². The molecule has 0 saturated carbocycles. The number of rotatable bonds is 20. The van der Waals surface area contributed by atoms with Crippen LogP contribution in [0.5, 0.6) is 0 Å². The monoisotopic (exact) mass is 408 g/mol. The van der Waals surface area contributed by atoms with Gasteiger partial charge in [-0.05, 0) is 46.0 Å². The normalized spacial score (nSPS) is 18.8. The molecular weight excluding hydrogens is 356 g/mol. The van der Waals surface area contributed by atoms with Crippen molar-refractivity contribution in [1.82, 2.24) is 0 Å². The lowest BCUT2D eigenvalue weighted by molar-refractivity contribution is -0.139. The smallest absolute Gasteiger partial charge is 0.163 e. The highest BCUT2D eigenvalue weighted by Crippen LogP contribution is 2.25. The molecule has 1 fully saturated rings. The summed E-state index contributed by atoms with van der Waals surface area (Å²) in [6, 6.07) is 0. The van der Waals surface area contributed by atoms with Crippen molar-refractivity contribution < 1.29 is 9.47 Å². The molecule has 0 radical (unpaired) electrons. The Kier molecular flexibility index (Phi) is 17.0. The summed E-state index contributed by atoms with van der Waals surface area (Å²) in [7, 11) is 0. The SMILES string of the molecule is CCCCCCCC/C=C\CCCCCCCCCCCC[C@@H]1COC(C)(C)O1. The van der Waals surface area contributed by atoms with Crippen LogP contribution in [0.2, 0.25) is 0 Å². The fourth-order valence-corrected chi connectivity index (χ4v) is 4.23. The summed E-state index contributed by atoms with van der Waals surface area (Å²) in [5.41, 5.74) is 0. The van der Waals surface area contributed by atoms with Crippen LogP contribution in [0.1, 0.15) is 143 Å². The van der Waals surface area contributed by atoms with E-state index in [4.69, 9.17) is 9.47 Å². The molecule has 1 atom stereocenters. The van der Waals surface area contributed by atoms with Crippen molar-refractivity contribution in [3.63, 3.8) is 0 Å². The van der Waals surface area contributed by atoms with Crippen LogP contribution in [-0.4, -0.2) is 18.5 Å². The summed E-state index contributed by atoms with van der Waals surface area (Å²) in [5.74, 6) is -0.353. The van der Waals surface area contributed by atoms with Gasteiger partial charge in [-0.25, -0.2) is 0 Å². The van der Waals surface area contributed by atoms with Crippen LogP contribution in [-0.2, 0) is 9.47 Å². The summed E-state index contributed by atoms with van der Waals surface area (Å²) >= 11 is 0. The molecule has 0 aromatic heterocycles. The van der Waals surface area contributed by atoms with E-state index in [0.29, 0.717) is 6.10 Å².